The predicted octanol–water partition coefficient (Wildman–Crippen LogP) is 2.30. The average Bonchev–Trinajstić information content (AvgIpc) is 2.55. The number of hydrogen-bond donors (Lipinski definition) is 3. The lowest BCUT2D eigenvalue weighted by Gasteiger charge is -2.22. The normalized spacial score (nSPS) is 14.8. The zero-order chi connectivity index (χ0) is 19.0. The van der Waals surface area contributed by atoms with Gasteiger partial charge in [0, 0.05) is 18.2 Å². The van der Waals surface area contributed by atoms with E-state index in [1.54, 1.807) is 0 Å². The smallest absolute Gasteiger partial charge is 0.291 e. The topological polar surface area (TPSA) is 115 Å². The van der Waals surface area contributed by atoms with E-state index in [0.29, 0.717) is 13.0 Å². The van der Waals surface area contributed by atoms with Crippen molar-refractivity contribution in [2.24, 2.45) is 5.73 Å². The molecule has 0 aromatic carbocycles. The maximum absolute atomic E-state index is 12.2. The Morgan fingerprint density at radius 2 is 2.16 bits per heavy atom. The van der Waals surface area contributed by atoms with Crippen LogP contribution in [-0.4, -0.2) is 29.2 Å². The number of nitrogens with one attached hydrogen (secondary N) is 1. The first-order valence-electron chi connectivity index (χ1n) is 8.74. The molecule has 7 nitrogen and oxygen atoms in total. The highest BCUT2D eigenvalue weighted by Crippen LogP contribution is 2.16. The Balaban J connectivity index is 2.77. The van der Waals surface area contributed by atoms with Gasteiger partial charge in [0.2, 0.25) is 16.9 Å². The summed E-state index contributed by atoms with van der Waals surface area (Å²) < 4.78 is 10.9. The summed E-state index contributed by atoms with van der Waals surface area (Å²) in [6, 6.07) is 1.14. The highest BCUT2D eigenvalue weighted by atomic mass is 16.5. The summed E-state index contributed by atoms with van der Waals surface area (Å²) in [6.45, 7) is 8.22. The van der Waals surface area contributed by atoms with Crippen LogP contribution in [0, 0.1) is 0 Å². The molecule has 0 saturated carbocycles. The van der Waals surface area contributed by atoms with Gasteiger partial charge in [0.05, 0.1) is 6.10 Å². The van der Waals surface area contributed by atoms with Crippen molar-refractivity contribution in [2.75, 3.05) is 6.54 Å². The number of aromatic hydroxyl groups is 1. The number of ether oxygens (including phenoxy) is 1. The van der Waals surface area contributed by atoms with E-state index in [9.17, 15) is 14.7 Å². The minimum Gasteiger partial charge on any atom is -0.501 e. The van der Waals surface area contributed by atoms with Crippen LogP contribution in [0.2, 0.25) is 0 Å². The number of rotatable bonds is 10. The van der Waals surface area contributed by atoms with Crippen LogP contribution in [0.5, 0.6) is 5.75 Å². The van der Waals surface area contributed by atoms with Gasteiger partial charge in [0.1, 0.15) is 12.4 Å². The van der Waals surface area contributed by atoms with Gasteiger partial charge in [-0.15, -0.1) is 0 Å². The summed E-state index contributed by atoms with van der Waals surface area (Å²) in [5.41, 5.74) is 4.96. The minimum atomic E-state index is -0.700. The number of amides is 1. The van der Waals surface area contributed by atoms with Crippen molar-refractivity contribution in [3.8, 4) is 5.75 Å². The fourth-order valence-electron chi connectivity index (χ4n) is 2.19. The molecule has 2 atom stereocenters. The highest BCUT2D eigenvalue weighted by Gasteiger charge is 2.21. The molecule has 25 heavy (non-hydrogen) atoms. The SMILES string of the molecule is CCCC(C)OCc1cc(=O)c(O)c(C(=O)NCCC(C)(N)CC)o1. The van der Waals surface area contributed by atoms with Crippen molar-refractivity contribution < 1.29 is 19.1 Å². The van der Waals surface area contributed by atoms with Crippen molar-refractivity contribution in [1.82, 2.24) is 5.32 Å². The summed E-state index contributed by atoms with van der Waals surface area (Å²) in [5, 5.41) is 12.4. The van der Waals surface area contributed by atoms with Crippen molar-refractivity contribution in [3.05, 3.63) is 27.8 Å². The largest absolute Gasteiger partial charge is 0.501 e. The van der Waals surface area contributed by atoms with Crippen LogP contribution < -0.4 is 16.5 Å². The first-order chi connectivity index (χ1) is 11.7. The monoisotopic (exact) mass is 354 g/mol. The molecular formula is C18H30N2O5. The number of carbonyl (C=O) groups is 1. The fraction of sp³-hybridized carbons (Fsp3) is 0.667. The van der Waals surface area contributed by atoms with E-state index in [1.807, 2.05) is 27.7 Å². The Morgan fingerprint density at radius 1 is 1.48 bits per heavy atom. The van der Waals surface area contributed by atoms with Gasteiger partial charge in [-0.2, -0.15) is 0 Å². The second-order valence-electron chi connectivity index (χ2n) is 6.68. The van der Waals surface area contributed by atoms with Gasteiger partial charge in [-0.25, -0.2) is 0 Å². The van der Waals surface area contributed by atoms with Crippen LogP contribution in [0.3, 0.4) is 0 Å². The molecule has 0 fully saturated rings. The lowest BCUT2D eigenvalue weighted by Crippen LogP contribution is -2.39. The standard InChI is InChI=1S/C18H30N2O5/c1-5-7-12(3)24-11-13-10-14(21)15(22)16(25-13)17(23)20-9-8-18(4,19)6-2/h10,12,22H,5-9,11,19H2,1-4H3,(H,20,23). The van der Waals surface area contributed by atoms with E-state index in [4.69, 9.17) is 14.9 Å². The van der Waals surface area contributed by atoms with Crippen LogP contribution >= 0.6 is 0 Å². The Labute approximate surface area is 148 Å². The van der Waals surface area contributed by atoms with Crippen LogP contribution in [0.25, 0.3) is 0 Å². The van der Waals surface area contributed by atoms with Crippen LogP contribution in [0.15, 0.2) is 15.3 Å². The number of carbonyl (C=O) groups excluding carboxylic acids is 1. The van der Waals surface area contributed by atoms with Crippen LogP contribution in [-0.2, 0) is 11.3 Å². The van der Waals surface area contributed by atoms with Gasteiger partial charge in [0.15, 0.2) is 0 Å². The van der Waals surface area contributed by atoms with Crippen LogP contribution in [0.1, 0.15) is 69.7 Å². The number of hydrogen-bond acceptors (Lipinski definition) is 6. The molecule has 1 rings (SSSR count). The van der Waals surface area contributed by atoms with E-state index in [-0.39, 0.29) is 24.0 Å². The molecule has 1 aromatic heterocycles. The second-order valence-corrected chi connectivity index (χ2v) is 6.68. The number of nitrogens with two attached hydrogens (primary N) is 1. The first-order valence-corrected chi connectivity index (χ1v) is 8.74. The van der Waals surface area contributed by atoms with Crippen molar-refractivity contribution in [2.45, 2.75) is 71.6 Å². The molecule has 4 N–H and O–H groups in total. The molecule has 0 aliphatic rings. The Hall–Kier alpha value is -1.86. The molecule has 7 heteroatoms. The quantitative estimate of drug-likeness (QED) is 0.594. The highest BCUT2D eigenvalue weighted by molar-refractivity contribution is 5.93. The lowest BCUT2D eigenvalue weighted by molar-refractivity contribution is 0.0353. The van der Waals surface area contributed by atoms with E-state index < -0.39 is 22.8 Å². The third-order valence-electron chi connectivity index (χ3n) is 4.17. The van der Waals surface area contributed by atoms with Gasteiger partial charge in [0.25, 0.3) is 5.91 Å². The summed E-state index contributed by atoms with van der Waals surface area (Å²) in [7, 11) is 0. The fourth-order valence-corrected chi connectivity index (χ4v) is 2.19. The Morgan fingerprint density at radius 3 is 2.76 bits per heavy atom. The van der Waals surface area contributed by atoms with E-state index >= 15 is 0 Å². The third kappa shape index (κ3) is 6.88. The van der Waals surface area contributed by atoms with Gasteiger partial charge in [-0.3, -0.25) is 9.59 Å². The second kappa shape index (κ2) is 9.58. The minimum absolute atomic E-state index is 0.0117. The lowest BCUT2D eigenvalue weighted by atomic mass is 9.96. The third-order valence-corrected chi connectivity index (χ3v) is 4.17. The molecule has 0 aliphatic heterocycles. The summed E-state index contributed by atoms with van der Waals surface area (Å²) in [5.74, 6) is -1.54. The molecule has 0 radical (unpaired) electrons. The zero-order valence-corrected chi connectivity index (χ0v) is 15.6. The van der Waals surface area contributed by atoms with Crippen molar-refractivity contribution in [1.29, 1.82) is 0 Å². The zero-order valence-electron chi connectivity index (χ0n) is 15.6. The molecule has 142 valence electrons. The van der Waals surface area contributed by atoms with E-state index in [0.717, 1.165) is 25.3 Å². The molecule has 0 bridgehead atoms. The summed E-state index contributed by atoms with van der Waals surface area (Å²) >= 11 is 0. The van der Waals surface area contributed by atoms with E-state index in [1.165, 1.54) is 0 Å². The molecule has 0 spiro atoms. The molecular weight excluding hydrogens is 324 g/mol. The van der Waals surface area contributed by atoms with Gasteiger partial charge >= 0.3 is 0 Å². The van der Waals surface area contributed by atoms with Gasteiger partial charge in [-0.1, -0.05) is 20.3 Å². The molecule has 1 aromatic rings. The van der Waals surface area contributed by atoms with Crippen molar-refractivity contribution >= 4 is 5.91 Å². The predicted molar refractivity (Wildman–Crippen MR) is 95.6 cm³/mol. The molecule has 0 aliphatic carbocycles. The summed E-state index contributed by atoms with van der Waals surface area (Å²) in [4.78, 5) is 24.0. The van der Waals surface area contributed by atoms with Crippen molar-refractivity contribution in [3.63, 3.8) is 0 Å². The van der Waals surface area contributed by atoms with Gasteiger partial charge in [-0.05, 0) is 33.1 Å². The van der Waals surface area contributed by atoms with Gasteiger partial charge < -0.3 is 25.3 Å². The van der Waals surface area contributed by atoms with E-state index in [2.05, 4.69) is 5.32 Å². The first kappa shape index (κ1) is 21.2. The summed E-state index contributed by atoms with van der Waals surface area (Å²) in [6.07, 6.45) is 3.21. The average molecular weight is 354 g/mol. The molecule has 1 heterocycles. The molecule has 1 amide bonds. The molecule has 0 saturated heterocycles. The van der Waals surface area contributed by atoms with Crippen LogP contribution in [0.4, 0.5) is 0 Å². The Kier molecular flexibility index (Phi) is 8.12. The Bertz CT molecular complexity index is 624. The maximum Gasteiger partial charge on any atom is 0.291 e. The molecule has 2 unspecified atom stereocenters. The maximum atomic E-state index is 12.2.